The van der Waals surface area contributed by atoms with E-state index in [4.69, 9.17) is 13.9 Å². The average molecular weight is 705 g/mol. The summed E-state index contributed by atoms with van der Waals surface area (Å²) in [5, 5.41) is 2.23. The Morgan fingerprint density at radius 2 is 1.21 bits per heavy atom. The van der Waals surface area contributed by atoms with Gasteiger partial charge >= 0.3 is 0 Å². The maximum atomic E-state index is 14.1. The second-order valence-corrected chi connectivity index (χ2v) is 27.1. The van der Waals surface area contributed by atoms with Crippen LogP contribution in [0.3, 0.4) is 0 Å². The molecule has 8 heteroatoms. The van der Waals surface area contributed by atoms with Crippen LogP contribution in [0.2, 0.25) is 21.7 Å². The van der Waals surface area contributed by atoms with E-state index in [9.17, 15) is 8.42 Å². The molecule has 260 valence electrons. The van der Waals surface area contributed by atoms with Crippen molar-refractivity contribution in [3.05, 3.63) is 91.0 Å². The zero-order valence-corrected chi connectivity index (χ0v) is 33.4. The van der Waals surface area contributed by atoms with Crippen molar-refractivity contribution in [2.75, 3.05) is 6.61 Å². The van der Waals surface area contributed by atoms with Crippen LogP contribution in [0.4, 0.5) is 0 Å². The molecule has 3 aromatic rings. The van der Waals surface area contributed by atoms with Gasteiger partial charge in [0.15, 0.2) is 5.44 Å². The summed E-state index contributed by atoms with van der Waals surface area (Å²) in [5.41, 5.74) is 3.88. The molecule has 4 atom stereocenters. The van der Waals surface area contributed by atoms with Crippen LogP contribution in [-0.2, 0) is 23.7 Å². The lowest BCUT2D eigenvalue weighted by Gasteiger charge is -2.44. The normalized spacial score (nSPS) is 20.9. The largest absolute Gasteiger partial charge is 0.407 e. The molecule has 0 aromatic heterocycles. The lowest BCUT2D eigenvalue weighted by molar-refractivity contribution is -0.220. The first-order valence-corrected chi connectivity index (χ1v) is 23.1. The molecule has 1 aliphatic rings. The molecule has 5 nitrogen and oxygen atoms in total. The minimum Gasteiger partial charge on any atom is -0.407 e. The monoisotopic (exact) mass is 704 g/mol. The molecule has 0 amide bonds. The van der Waals surface area contributed by atoms with E-state index in [0.717, 1.165) is 0 Å². The Balaban J connectivity index is 1.73. The molecule has 0 N–H and O–H groups in total. The van der Waals surface area contributed by atoms with Gasteiger partial charge in [-0.15, -0.1) is 5.54 Å². The van der Waals surface area contributed by atoms with E-state index in [1.807, 2.05) is 25.1 Å². The highest BCUT2D eigenvalue weighted by Gasteiger charge is 2.51. The number of sulfone groups is 1. The molecule has 0 saturated carbocycles. The van der Waals surface area contributed by atoms with Gasteiger partial charge in [0.2, 0.25) is 16.1 Å². The summed E-state index contributed by atoms with van der Waals surface area (Å²) in [7, 11) is -8.74. The van der Waals surface area contributed by atoms with Crippen LogP contribution >= 0.6 is 0 Å². The van der Waals surface area contributed by atoms with Crippen LogP contribution in [0.15, 0.2) is 95.9 Å². The van der Waals surface area contributed by atoms with Crippen LogP contribution < -0.4 is 10.4 Å². The zero-order chi connectivity index (χ0) is 35.3. The molecule has 1 aliphatic heterocycles. The van der Waals surface area contributed by atoms with Gasteiger partial charge < -0.3 is 13.9 Å². The first-order valence-electron chi connectivity index (χ1n) is 17.5. The highest BCUT2D eigenvalue weighted by Crippen LogP contribution is 2.42. The van der Waals surface area contributed by atoms with Crippen LogP contribution in [-0.4, -0.2) is 49.2 Å². The van der Waals surface area contributed by atoms with Crippen LogP contribution in [0.1, 0.15) is 75.7 Å². The average Bonchev–Trinajstić information content (AvgIpc) is 3.04. The van der Waals surface area contributed by atoms with E-state index in [1.165, 1.54) is 10.4 Å². The Hall–Kier alpha value is -2.52. The van der Waals surface area contributed by atoms with E-state index in [1.54, 1.807) is 24.3 Å². The second kappa shape index (κ2) is 15.6. The topological polar surface area (TPSA) is 61.8 Å². The lowest BCUT2D eigenvalue weighted by Crippen LogP contribution is -2.66. The summed E-state index contributed by atoms with van der Waals surface area (Å²) in [6.45, 7) is 22.7. The summed E-state index contributed by atoms with van der Waals surface area (Å²) in [6.07, 6.45) is -0.881. The van der Waals surface area contributed by atoms with Gasteiger partial charge in [-0.05, 0) is 56.5 Å². The molecular formula is C40H56O5SSi2. The number of benzene rings is 3. The summed E-state index contributed by atoms with van der Waals surface area (Å²) < 4.78 is 48.3. The van der Waals surface area contributed by atoms with Crippen LogP contribution in [0.5, 0.6) is 0 Å². The van der Waals surface area contributed by atoms with E-state index in [0.29, 0.717) is 29.7 Å². The number of hydrogen-bond acceptors (Lipinski definition) is 5. The van der Waals surface area contributed by atoms with Gasteiger partial charge in [0, 0.05) is 12.5 Å². The van der Waals surface area contributed by atoms with Crippen molar-refractivity contribution in [3.8, 4) is 11.5 Å². The van der Waals surface area contributed by atoms with Crippen LogP contribution in [0, 0.1) is 17.4 Å². The third-order valence-electron chi connectivity index (χ3n) is 10.4. The Labute approximate surface area is 292 Å². The van der Waals surface area contributed by atoms with E-state index < -0.39 is 50.0 Å². The van der Waals surface area contributed by atoms with E-state index in [-0.39, 0.29) is 9.93 Å². The van der Waals surface area contributed by atoms with Crippen molar-refractivity contribution in [1.29, 1.82) is 0 Å². The molecule has 0 spiro atoms. The standard InChI is InChI=1S/C40H56O5SSi2/c1-30(2)47(31(3)4,32(5)6)29-27-38-44-37(33(7)39(45-38)46(41,42)34-20-14-11-15-21-34)26-28-43-48(40(8,9)10,35-22-16-12-17-23-35)36-24-18-13-19-25-36/h11-25,30-33,37-39H,26,28H2,1-10H3/t33-,37+,38+,39+/m0/s1. The number of ether oxygens (including phenoxy) is 2. The van der Waals surface area contributed by atoms with Crippen molar-refractivity contribution in [2.24, 2.45) is 5.92 Å². The predicted molar refractivity (Wildman–Crippen MR) is 203 cm³/mol. The lowest BCUT2D eigenvalue weighted by atomic mass is 10.0. The fraction of sp³-hybridized carbons (Fsp3) is 0.500. The van der Waals surface area contributed by atoms with Gasteiger partial charge in [0.1, 0.15) is 8.07 Å². The van der Waals surface area contributed by atoms with Crippen molar-refractivity contribution in [3.63, 3.8) is 0 Å². The quantitative estimate of drug-likeness (QED) is 0.148. The Kier molecular flexibility index (Phi) is 12.4. The summed E-state index contributed by atoms with van der Waals surface area (Å²) in [4.78, 5) is 0.244. The first-order chi connectivity index (χ1) is 22.6. The molecule has 1 fully saturated rings. The van der Waals surface area contributed by atoms with E-state index in [2.05, 4.69) is 122 Å². The molecule has 3 aromatic carbocycles. The molecule has 4 rings (SSSR count). The fourth-order valence-corrected chi connectivity index (χ4v) is 19.5. The van der Waals surface area contributed by atoms with Gasteiger partial charge in [-0.1, -0.05) is 148 Å². The number of rotatable bonds is 11. The Morgan fingerprint density at radius 1 is 0.750 bits per heavy atom. The molecule has 0 aliphatic carbocycles. The zero-order valence-electron chi connectivity index (χ0n) is 30.6. The van der Waals surface area contributed by atoms with E-state index >= 15 is 0 Å². The van der Waals surface area contributed by atoms with Gasteiger partial charge in [0.25, 0.3) is 8.32 Å². The van der Waals surface area contributed by atoms with Crippen LogP contribution in [0.25, 0.3) is 0 Å². The highest BCUT2D eigenvalue weighted by molar-refractivity contribution is 7.92. The summed E-state index contributed by atoms with van der Waals surface area (Å²) >= 11 is 0. The maximum Gasteiger partial charge on any atom is 0.261 e. The molecule has 1 saturated heterocycles. The number of hydrogen-bond donors (Lipinski definition) is 0. The molecule has 0 bridgehead atoms. The minimum atomic E-state index is -3.83. The summed E-state index contributed by atoms with van der Waals surface area (Å²) in [6, 6.07) is 29.7. The predicted octanol–water partition coefficient (Wildman–Crippen LogP) is 8.35. The third kappa shape index (κ3) is 7.62. The molecule has 0 radical (unpaired) electrons. The fourth-order valence-electron chi connectivity index (χ4n) is 7.94. The first kappa shape index (κ1) is 38.3. The van der Waals surface area contributed by atoms with Gasteiger partial charge in [-0.25, -0.2) is 8.42 Å². The summed E-state index contributed by atoms with van der Waals surface area (Å²) in [5.74, 6) is 2.92. The molecule has 48 heavy (non-hydrogen) atoms. The van der Waals surface area contributed by atoms with Gasteiger partial charge in [0.05, 0.1) is 11.0 Å². The molecular weight excluding hydrogens is 649 g/mol. The Bertz CT molecular complexity index is 1560. The van der Waals surface area contributed by atoms with Crippen molar-refractivity contribution < 1.29 is 22.3 Å². The second-order valence-electron chi connectivity index (χ2n) is 15.2. The van der Waals surface area contributed by atoms with Gasteiger partial charge in [-0.2, -0.15) is 0 Å². The van der Waals surface area contributed by atoms with Crippen molar-refractivity contribution in [1.82, 2.24) is 0 Å². The third-order valence-corrected chi connectivity index (χ3v) is 23.8. The minimum absolute atomic E-state index is 0.177. The molecule has 0 unspecified atom stereocenters. The van der Waals surface area contributed by atoms with Crippen molar-refractivity contribution >= 4 is 36.6 Å². The molecule has 1 heterocycles. The smallest absolute Gasteiger partial charge is 0.261 e. The Morgan fingerprint density at radius 3 is 1.65 bits per heavy atom. The highest BCUT2D eigenvalue weighted by atomic mass is 32.2. The SMILES string of the molecule is CC(C)[Si](C#C[C@@H]1O[C@H](CCO[Si](c2ccccc2)(c2ccccc2)C(C)(C)C)[C@H](C)[C@@H](S(=O)(=O)c2ccccc2)O1)(C(C)C)C(C)C. The maximum absolute atomic E-state index is 14.1. The van der Waals surface area contributed by atoms with Crippen molar-refractivity contribution in [2.45, 2.75) is 120 Å². The van der Waals surface area contributed by atoms with Gasteiger partial charge in [-0.3, -0.25) is 0 Å².